The summed E-state index contributed by atoms with van der Waals surface area (Å²) in [6.45, 7) is 2.16. The van der Waals surface area contributed by atoms with Crippen LogP contribution in [0.3, 0.4) is 0 Å². The Balaban J connectivity index is 2.97. The van der Waals surface area contributed by atoms with Crippen molar-refractivity contribution in [3.8, 4) is 5.75 Å². The molecule has 0 unspecified atom stereocenters. The van der Waals surface area contributed by atoms with Gasteiger partial charge in [-0.2, -0.15) is 0 Å². The Bertz CT molecular complexity index is 341. The minimum atomic E-state index is 0.214. The number of halogens is 2. The monoisotopic (exact) mass is 290 g/mol. The Hall–Kier alpha value is -0.510. The third kappa shape index (κ3) is 3.52. The van der Waals surface area contributed by atoms with Crippen LogP contribution in [0.2, 0.25) is 5.02 Å². The van der Waals surface area contributed by atoms with Crippen molar-refractivity contribution in [1.29, 1.82) is 0 Å². The first kappa shape index (κ1) is 12.6. The summed E-state index contributed by atoms with van der Waals surface area (Å²) in [6, 6.07) is 3.63. The molecule has 82 valence electrons. The van der Waals surface area contributed by atoms with E-state index in [1.54, 1.807) is 13.2 Å². The highest BCUT2D eigenvalue weighted by Gasteiger charge is 2.05. The molecule has 15 heavy (non-hydrogen) atoms. The predicted octanol–water partition coefficient (Wildman–Crippen LogP) is 4.12. The minimum absolute atomic E-state index is 0.214. The molecule has 0 heterocycles. The lowest BCUT2D eigenvalue weighted by molar-refractivity contribution is 0.0511. The zero-order chi connectivity index (χ0) is 11.3. The highest BCUT2D eigenvalue weighted by Crippen LogP contribution is 2.31. The summed E-state index contributed by atoms with van der Waals surface area (Å²) in [5.74, 6) is 0.682. The molecule has 1 aromatic rings. The average molecular weight is 292 g/mol. The van der Waals surface area contributed by atoms with E-state index < -0.39 is 0 Å². The van der Waals surface area contributed by atoms with Crippen molar-refractivity contribution in [3.05, 3.63) is 33.3 Å². The molecule has 0 aliphatic rings. The average Bonchev–Trinajstić information content (AvgIpc) is 2.20. The van der Waals surface area contributed by atoms with Crippen molar-refractivity contribution >= 4 is 33.6 Å². The SMILES string of the molecule is CC=Cc1c(Cl)cc(OCOC)cc1Br. The number of hydrogen-bond acceptors (Lipinski definition) is 2. The van der Waals surface area contributed by atoms with E-state index in [2.05, 4.69) is 15.9 Å². The number of allylic oxidation sites excluding steroid dienone is 1. The quantitative estimate of drug-likeness (QED) is 0.777. The van der Waals surface area contributed by atoms with Crippen LogP contribution in [0.5, 0.6) is 5.75 Å². The van der Waals surface area contributed by atoms with Gasteiger partial charge in [-0.3, -0.25) is 0 Å². The Morgan fingerprint density at radius 3 is 2.73 bits per heavy atom. The summed E-state index contributed by atoms with van der Waals surface area (Å²) < 4.78 is 11.0. The van der Waals surface area contributed by atoms with Crippen LogP contribution in [-0.2, 0) is 4.74 Å². The molecule has 0 aliphatic carbocycles. The number of hydrogen-bond donors (Lipinski definition) is 0. The van der Waals surface area contributed by atoms with Gasteiger partial charge >= 0.3 is 0 Å². The topological polar surface area (TPSA) is 18.5 Å². The molecule has 0 N–H and O–H groups in total. The van der Waals surface area contributed by atoms with Gasteiger partial charge in [-0.15, -0.1) is 0 Å². The first-order chi connectivity index (χ1) is 7.19. The second kappa shape index (κ2) is 6.16. The van der Waals surface area contributed by atoms with Crippen LogP contribution in [0.25, 0.3) is 6.08 Å². The van der Waals surface area contributed by atoms with Gasteiger partial charge < -0.3 is 9.47 Å². The molecule has 0 saturated heterocycles. The summed E-state index contributed by atoms with van der Waals surface area (Å²) in [4.78, 5) is 0. The maximum Gasteiger partial charge on any atom is 0.188 e. The van der Waals surface area contributed by atoms with Crippen molar-refractivity contribution < 1.29 is 9.47 Å². The summed E-state index contributed by atoms with van der Waals surface area (Å²) in [5, 5.41) is 0.647. The summed E-state index contributed by atoms with van der Waals surface area (Å²) >= 11 is 9.52. The van der Waals surface area contributed by atoms with Gasteiger partial charge in [0.1, 0.15) is 5.75 Å². The Labute approximate surface area is 103 Å². The van der Waals surface area contributed by atoms with E-state index in [0.29, 0.717) is 10.8 Å². The highest BCUT2D eigenvalue weighted by molar-refractivity contribution is 9.10. The van der Waals surface area contributed by atoms with E-state index in [1.165, 1.54) is 0 Å². The third-order valence-corrected chi connectivity index (χ3v) is 2.70. The molecule has 0 atom stereocenters. The second-order valence-electron chi connectivity index (χ2n) is 2.85. The van der Waals surface area contributed by atoms with Gasteiger partial charge in [0.05, 0.1) is 5.02 Å². The standard InChI is InChI=1S/C11H12BrClO2/c1-3-4-9-10(12)5-8(6-11(9)13)15-7-14-2/h3-6H,7H2,1-2H3. The Kier molecular flexibility index (Phi) is 5.15. The molecule has 0 fully saturated rings. The molecule has 0 bridgehead atoms. The lowest BCUT2D eigenvalue weighted by atomic mass is 10.2. The van der Waals surface area contributed by atoms with Crippen molar-refractivity contribution in [3.63, 3.8) is 0 Å². The smallest absolute Gasteiger partial charge is 0.188 e. The van der Waals surface area contributed by atoms with Crippen LogP contribution < -0.4 is 4.74 Å². The van der Waals surface area contributed by atoms with Gasteiger partial charge in [0.15, 0.2) is 6.79 Å². The van der Waals surface area contributed by atoms with Gasteiger partial charge in [0, 0.05) is 17.1 Å². The molecule has 1 aromatic carbocycles. The minimum Gasteiger partial charge on any atom is -0.467 e. The molecular weight excluding hydrogens is 279 g/mol. The summed E-state index contributed by atoms with van der Waals surface area (Å²) in [6.07, 6.45) is 3.87. The number of rotatable bonds is 4. The van der Waals surface area contributed by atoms with Crippen LogP contribution in [-0.4, -0.2) is 13.9 Å². The van der Waals surface area contributed by atoms with E-state index in [-0.39, 0.29) is 6.79 Å². The number of methoxy groups -OCH3 is 1. The molecule has 0 spiro atoms. The van der Waals surface area contributed by atoms with Gasteiger partial charge in [0.2, 0.25) is 0 Å². The zero-order valence-electron chi connectivity index (χ0n) is 8.59. The molecule has 4 heteroatoms. The zero-order valence-corrected chi connectivity index (χ0v) is 10.9. The lowest BCUT2D eigenvalue weighted by Crippen LogP contribution is -1.99. The fourth-order valence-corrected chi connectivity index (χ4v) is 2.06. The highest BCUT2D eigenvalue weighted by atomic mass is 79.9. The molecule has 2 nitrogen and oxygen atoms in total. The molecule has 1 rings (SSSR count). The molecule has 0 amide bonds. The van der Waals surface area contributed by atoms with E-state index in [9.17, 15) is 0 Å². The fraction of sp³-hybridized carbons (Fsp3) is 0.273. The van der Waals surface area contributed by atoms with Crippen molar-refractivity contribution in [2.24, 2.45) is 0 Å². The Morgan fingerprint density at radius 1 is 1.47 bits per heavy atom. The molecule has 0 radical (unpaired) electrons. The fourth-order valence-electron chi connectivity index (χ4n) is 1.10. The third-order valence-electron chi connectivity index (χ3n) is 1.73. The van der Waals surface area contributed by atoms with Crippen molar-refractivity contribution in [1.82, 2.24) is 0 Å². The predicted molar refractivity (Wildman–Crippen MR) is 66.4 cm³/mol. The number of ether oxygens (including phenoxy) is 2. The maximum absolute atomic E-state index is 6.09. The van der Waals surface area contributed by atoms with Crippen molar-refractivity contribution in [2.45, 2.75) is 6.92 Å². The molecule has 0 saturated carbocycles. The van der Waals surface area contributed by atoms with Gasteiger partial charge in [-0.1, -0.05) is 23.8 Å². The largest absolute Gasteiger partial charge is 0.467 e. The van der Waals surface area contributed by atoms with Gasteiger partial charge in [-0.25, -0.2) is 0 Å². The van der Waals surface area contributed by atoms with E-state index >= 15 is 0 Å². The number of benzene rings is 1. The van der Waals surface area contributed by atoms with Crippen LogP contribution in [0, 0.1) is 0 Å². The first-order valence-electron chi connectivity index (χ1n) is 4.42. The van der Waals surface area contributed by atoms with E-state index in [0.717, 1.165) is 10.0 Å². The summed E-state index contributed by atoms with van der Waals surface area (Å²) in [5.41, 5.74) is 0.948. The van der Waals surface area contributed by atoms with Crippen LogP contribution in [0.4, 0.5) is 0 Å². The second-order valence-corrected chi connectivity index (χ2v) is 4.11. The van der Waals surface area contributed by atoms with E-state index in [1.807, 2.05) is 25.1 Å². The molecular formula is C11H12BrClO2. The normalized spacial score (nSPS) is 10.9. The van der Waals surface area contributed by atoms with Crippen LogP contribution >= 0.6 is 27.5 Å². The van der Waals surface area contributed by atoms with Gasteiger partial charge in [0.25, 0.3) is 0 Å². The Morgan fingerprint density at radius 2 is 2.20 bits per heavy atom. The maximum atomic E-state index is 6.09. The van der Waals surface area contributed by atoms with Gasteiger partial charge in [-0.05, 0) is 35.0 Å². The van der Waals surface area contributed by atoms with Crippen LogP contribution in [0.1, 0.15) is 12.5 Å². The molecule has 0 aromatic heterocycles. The van der Waals surface area contributed by atoms with Crippen molar-refractivity contribution in [2.75, 3.05) is 13.9 Å². The molecule has 0 aliphatic heterocycles. The lowest BCUT2D eigenvalue weighted by Gasteiger charge is -2.08. The van der Waals surface area contributed by atoms with Crippen LogP contribution in [0.15, 0.2) is 22.7 Å². The van der Waals surface area contributed by atoms with E-state index in [4.69, 9.17) is 21.1 Å². The first-order valence-corrected chi connectivity index (χ1v) is 5.59. The summed E-state index contributed by atoms with van der Waals surface area (Å²) in [7, 11) is 1.57.